The van der Waals surface area contributed by atoms with E-state index >= 15 is 0 Å². The molecule has 0 aliphatic carbocycles. The molecule has 6 heteroatoms. The molecule has 1 fully saturated rings. The van der Waals surface area contributed by atoms with Crippen LogP contribution < -0.4 is 5.32 Å². The Hall–Kier alpha value is -1.30. The second-order valence-electron chi connectivity index (χ2n) is 2.10. The Balaban J connectivity index is 3.03. The standard InChI is InChI=1S/C6H5NO4S/c1-2(5(9)10)3-4(8)7-6(11)12-3/h1H3,(H,9,10)(H,7,8,11). The fourth-order valence-corrected chi connectivity index (χ4v) is 1.37. The first kappa shape index (κ1) is 8.79. The zero-order valence-electron chi connectivity index (χ0n) is 6.08. The fraction of sp³-hybridized carbons (Fsp3) is 0.167. The van der Waals surface area contributed by atoms with Crippen molar-refractivity contribution in [3.05, 3.63) is 10.5 Å². The van der Waals surface area contributed by atoms with Crippen LogP contribution in [0.2, 0.25) is 0 Å². The van der Waals surface area contributed by atoms with Crippen molar-refractivity contribution in [3.8, 4) is 0 Å². The van der Waals surface area contributed by atoms with Crippen LogP contribution in [-0.2, 0) is 9.59 Å². The van der Waals surface area contributed by atoms with E-state index < -0.39 is 17.1 Å². The van der Waals surface area contributed by atoms with E-state index in [2.05, 4.69) is 0 Å². The van der Waals surface area contributed by atoms with Gasteiger partial charge in [-0.25, -0.2) is 4.79 Å². The van der Waals surface area contributed by atoms with Gasteiger partial charge in [0.2, 0.25) is 0 Å². The molecule has 1 rings (SSSR count). The summed E-state index contributed by atoms with van der Waals surface area (Å²) in [5.74, 6) is -1.83. The number of nitrogens with one attached hydrogen (secondary N) is 1. The third-order valence-electron chi connectivity index (χ3n) is 1.28. The third-order valence-corrected chi connectivity index (χ3v) is 2.26. The van der Waals surface area contributed by atoms with Crippen LogP contribution >= 0.6 is 11.8 Å². The molecule has 0 aromatic rings. The normalized spacial score (nSPS) is 20.8. The molecule has 0 spiro atoms. The number of hydrogen-bond acceptors (Lipinski definition) is 4. The second-order valence-corrected chi connectivity index (χ2v) is 3.09. The third kappa shape index (κ3) is 1.48. The van der Waals surface area contributed by atoms with Gasteiger partial charge in [0.25, 0.3) is 11.1 Å². The van der Waals surface area contributed by atoms with E-state index in [-0.39, 0.29) is 10.5 Å². The first-order chi connectivity index (χ1) is 5.52. The fourth-order valence-electron chi connectivity index (χ4n) is 0.658. The molecule has 1 aliphatic rings. The highest BCUT2D eigenvalue weighted by Crippen LogP contribution is 2.26. The Morgan fingerprint density at radius 2 is 2.08 bits per heavy atom. The highest BCUT2D eigenvalue weighted by molar-refractivity contribution is 8.18. The van der Waals surface area contributed by atoms with E-state index in [1.165, 1.54) is 6.92 Å². The van der Waals surface area contributed by atoms with Gasteiger partial charge in [-0.2, -0.15) is 0 Å². The summed E-state index contributed by atoms with van der Waals surface area (Å²) in [6.07, 6.45) is 0. The van der Waals surface area contributed by atoms with Crippen LogP contribution in [0.3, 0.4) is 0 Å². The van der Waals surface area contributed by atoms with Crippen molar-refractivity contribution in [1.29, 1.82) is 0 Å². The molecule has 2 amide bonds. The van der Waals surface area contributed by atoms with Crippen LogP contribution in [0.15, 0.2) is 10.5 Å². The number of amides is 2. The van der Waals surface area contributed by atoms with Gasteiger partial charge >= 0.3 is 5.97 Å². The van der Waals surface area contributed by atoms with Gasteiger partial charge in [0.05, 0.1) is 10.5 Å². The Kier molecular flexibility index (Phi) is 2.18. The molecule has 0 bridgehead atoms. The number of rotatable bonds is 1. The molecule has 1 aliphatic heterocycles. The van der Waals surface area contributed by atoms with Crippen LogP contribution in [0.4, 0.5) is 4.79 Å². The molecule has 0 unspecified atom stereocenters. The minimum atomic E-state index is -1.19. The summed E-state index contributed by atoms with van der Waals surface area (Å²) in [6.45, 7) is 1.28. The molecular weight excluding hydrogens is 182 g/mol. The number of carboxylic acid groups (broad SMARTS) is 1. The number of hydrogen-bond donors (Lipinski definition) is 2. The smallest absolute Gasteiger partial charge is 0.332 e. The molecule has 5 nitrogen and oxygen atoms in total. The zero-order valence-corrected chi connectivity index (χ0v) is 6.90. The summed E-state index contributed by atoms with van der Waals surface area (Å²) in [6, 6.07) is 0. The summed E-state index contributed by atoms with van der Waals surface area (Å²) < 4.78 is 0. The van der Waals surface area contributed by atoms with Crippen molar-refractivity contribution < 1.29 is 19.5 Å². The first-order valence-electron chi connectivity index (χ1n) is 2.99. The molecule has 0 radical (unpaired) electrons. The number of aliphatic carboxylic acids is 1. The zero-order chi connectivity index (χ0) is 9.30. The van der Waals surface area contributed by atoms with Gasteiger partial charge in [0.15, 0.2) is 0 Å². The number of thioether (sulfide) groups is 1. The molecule has 0 aromatic carbocycles. The highest BCUT2D eigenvalue weighted by Gasteiger charge is 2.28. The van der Waals surface area contributed by atoms with E-state index in [0.717, 1.165) is 0 Å². The Bertz CT molecular complexity index is 307. The predicted octanol–water partition coefficient (Wildman–Crippen LogP) is 0.328. The van der Waals surface area contributed by atoms with E-state index in [1.54, 1.807) is 0 Å². The van der Waals surface area contributed by atoms with Crippen molar-refractivity contribution in [2.45, 2.75) is 6.92 Å². The van der Waals surface area contributed by atoms with Crippen molar-refractivity contribution >= 4 is 28.9 Å². The lowest BCUT2D eigenvalue weighted by atomic mass is 10.3. The Labute approximate surface area is 71.8 Å². The van der Waals surface area contributed by atoms with Gasteiger partial charge in [0.1, 0.15) is 0 Å². The van der Waals surface area contributed by atoms with Crippen LogP contribution in [0.1, 0.15) is 6.92 Å². The van der Waals surface area contributed by atoms with Gasteiger partial charge in [-0.1, -0.05) is 0 Å². The summed E-state index contributed by atoms with van der Waals surface area (Å²) in [5.41, 5.74) is -0.108. The summed E-state index contributed by atoms with van der Waals surface area (Å²) >= 11 is 0.609. The lowest BCUT2D eigenvalue weighted by Crippen LogP contribution is -2.19. The molecule has 2 N–H and O–H groups in total. The quantitative estimate of drug-likeness (QED) is 0.578. The van der Waals surface area contributed by atoms with Crippen LogP contribution in [-0.4, -0.2) is 22.2 Å². The minimum absolute atomic E-state index is 0.0347. The average Bonchev–Trinajstić information content (AvgIpc) is 2.28. The second kappa shape index (κ2) is 2.98. The number of carbonyl (C=O) groups is 3. The van der Waals surface area contributed by atoms with Crippen LogP contribution in [0.5, 0.6) is 0 Å². The van der Waals surface area contributed by atoms with Gasteiger partial charge in [0, 0.05) is 0 Å². The summed E-state index contributed by atoms with van der Waals surface area (Å²) in [4.78, 5) is 31.8. The average molecular weight is 187 g/mol. The Morgan fingerprint density at radius 3 is 2.42 bits per heavy atom. The molecular formula is C6H5NO4S. The SMILES string of the molecule is CC(C(=O)O)=C1SC(=O)NC1=O. The lowest BCUT2D eigenvalue weighted by molar-refractivity contribution is -0.133. The van der Waals surface area contributed by atoms with Gasteiger partial charge in [-0.3, -0.25) is 14.9 Å². The molecule has 1 heterocycles. The molecule has 0 saturated carbocycles. The number of imide groups is 1. The maximum atomic E-state index is 10.9. The van der Waals surface area contributed by atoms with Gasteiger partial charge in [-0.05, 0) is 18.7 Å². The molecule has 64 valence electrons. The maximum absolute atomic E-state index is 10.9. The Morgan fingerprint density at radius 1 is 1.50 bits per heavy atom. The maximum Gasteiger partial charge on any atom is 0.332 e. The lowest BCUT2D eigenvalue weighted by Gasteiger charge is -1.93. The first-order valence-corrected chi connectivity index (χ1v) is 3.81. The minimum Gasteiger partial charge on any atom is -0.478 e. The van der Waals surface area contributed by atoms with Gasteiger partial charge < -0.3 is 5.11 Å². The van der Waals surface area contributed by atoms with E-state index in [9.17, 15) is 14.4 Å². The van der Waals surface area contributed by atoms with Crippen molar-refractivity contribution in [1.82, 2.24) is 5.32 Å². The monoisotopic (exact) mass is 187 g/mol. The van der Waals surface area contributed by atoms with Crippen molar-refractivity contribution in [3.63, 3.8) is 0 Å². The summed E-state index contributed by atoms with van der Waals surface area (Å²) in [5, 5.41) is 9.92. The summed E-state index contributed by atoms with van der Waals surface area (Å²) in [7, 11) is 0. The number of carbonyl (C=O) groups excluding carboxylic acids is 2. The molecule has 0 atom stereocenters. The van der Waals surface area contributed by atoms with E-state index in [0.29, 0.717) is 11.8 Å². The number of carboxylic acids is 1. The molecule has 12 heavy (non-hydrogen) atoms. The van der Waals surface area contributed by atoms with Crippen molar-refractivity contribution in [2.24, 2.45) is 0 Å². The van der Waals surface area contributed by atoms with Crippen molar-refractivity contribution in [2.75, 3.05) is 0 Å². The molecule has 1 saturated heterocycles. The van der Waals surface area contributed by atoms with E-state index in [4.69, 9.17) is 5.11 Å². The van der Waals surface area contributed by atoms with E-state index in [1.807, 2.05) is 5.32 Å². The van der Waals surface area contributed by atoms with Crippen LogP contribution in [0.25, 0.3) is 0 Å². The van der Waals surface area contributed by atoms with Crippen LogP contribution in [0, 0.1) is 0 Å². The predicted molar refractivity (Wildman–Crippen MR) is 41.5 cm³/mol. The largest absolute Gasteiger partial charge is 0.478 e. The molecule has 0 aromatic heterocycles. The van der Waals surface area contributed by atoms with Gasteiger partial charge in [-0.15, -0.1) is 0 Å². The highest BCUT2D eigenvalue weighted by atomic mass is 32.2. The topological polar surface area (TPSA) is 83.5 Å².